The molecule has 0 fully saturated rings. The molecular weight excluding hydrogens is 494 g/mol. The Balaban J connectivity index is 1.56. The van der Waals surface area contributed by atoms with Crippen LogP contribution in [0.5, 0.6) is 0 Å². The van der Waals surface area contributed by atoms with E-state index in [2.05, 4.69) is 10.6 Å². The second kappa shape index (κ2) is 13.2. The van der Waals surface area contributed by atoms with Crippen LogP contribution in [-0.2, 0) is 9.53 Å². The van der Waals surface area contributed by atoms with Gasteiger partial charge in [-0.2, -0.15) is 0 Å². The standard InChI is InChI=1S/C27H27N3O6S/c1-3-4-15-36-27(33)19-11-13-21(14-12-19)28-25(31)18(2)37-24-10-6-8-22(17-24)29-26(32)20-7-5-9-23(16-20)30(34)35/h5-14,16-18H,3-4,15H2,1-2H3,(H,28,31)(H,29,32). The van der Waals surface area contributed by atoms with Crippen molar-refractivity contribution in [1.82, 2.24) is 0 Å². The quantitative estimate of drug-likeness (QED) is 0.105. The summed E-state index contributed by atoms with van der Waals surface area (Å²) in [5.41, 5.74) is 1.47. The molecule has 0 aliphatic heterocycles. The number of esters is 1. The summed E-state index contributed by atoms with van der Waals surface area (Å²) >= 11 is 1.31. The number of carbonyl (C=O) groups is 3. The third kappa shape index (κ3) is 8.18. The Morgan fingerprint density at radius 3 is 2.38 bits per heavy atom. The normalized spacial score (nSPS) is 11.3. The van der Waals surface area contributed by atoms with Crippen molar-refractivity contribution in [2.24, 2.45) is 0 Å². The molecule has 2 amide bonds. The maximum Gasteiger partial charge on any atom is 0.338 e. The molecule has 3 aromatic rings. The molecule has 37 heavy (non-hydrogen) atoms. The predicted molar refractivity (Wildman–Crippen MR) is 143 cm³/mol. The van der Waals surface area contributed by atoms with E-state index in [4.69, 9.17) is 4.74 Å². The van der Waals surface area contributed by atoms with Crippen molar-refractivity contribution in [3.05, 3.63) is 94.0 Å². The third-order valence-electron chi connectivity index (χ3n) is 5.21. The highest BCUT2D eigenvalue weighted by atomic mass is 32.2. The van der Waals surface area contributed by atoms with Crippen LogP contribution in [0.2, 0.25) is 0 Å². The number of nitro groups is 1. The van der Waals surface area contributed by atoms with Crippen molar-refractivity contribution in [3.8, 4) is 0 Å². The molecule has 0 aliphatic carbocycles. The molecule has 0 saturated heterocycles. The van der Waals surface area contributed by atoms with E-state index in [1.54, 1.807) is 49.4 Å². The summed E-state index contributed by atoms with van der Waals surface area (Å²) in [6.45, 7) is 4.15. The Bertz CT molecular complexity index is 1280. The van der Waals surface area contributed by atoms with Gasteiger partial charge in [0.25, 0.3) is 11.6 Å². The average Bonchev–Trinajstić information content (AvgIpc) is 2.89. The largest absolute Gasteiger partial charge is 0.462 e. The zero-order valence-corrected chi connectivity index (χ0v) is 21.2. The number of non-ortho nitro benzene ring substituents is 1. The van der Waals surface area contributed by atoms with Crippen LogP contribution in [0.3, 0.4) is 0 Å². The molecule has 0 aromatic heterocycles. The van der Waals surface area contributed by atoms with Gasteiger partial charge in [-0.1, -0.05) is 25.5 Å². The summed E-state index contributed by atoms with van der Waals surface area (Å²) < 4.78 is 5.18. The summed E-state index contributed by atoms with van der Waals surface area (Å²) in [7, 11) is 0. The van der Waals surface area contributed by atoms with Gasteiger partial charge in [0.2, 0.25) is 5.91 Å². The average molecular weight is 522 g/mol. The van der Waals surface area contributed by atoms with E-state index >= 15 is 0 Å². The number of thioether (sulfide) groups is 1. The smallest absolute Gasteiger partial charge is 0.338 e. The highest BCUT2D eigenvalue weighted by Gasteiger charge is 2.16. The first-order valence-electron chi connectivity index (χ1n) is 11.7. The molecule has 0 heterocycles. The summed E-state index contributed by atoms with van der Waals surface area (Å²) in [4.78, 5) is 48.4. The summed E-state index contributed by atoms with van der Waals surface area (Å²) in [5.74, 6) is -1.10. The van der Waals surface area contributed by atoms with Gasteiger partial charge in [0.1, 0.15) is 0 Å². The Hall–Kier alpha value is -4.18. The van der Waals surface area contributed by atoms with Crippen LogP contribution in [0, 0.1) is 10.1 Å². The zero-order valence-electron chi connectivity index (χ0n) is 20.4. The number of benzene rings is 3. The topological polar surface area (TPSA) is 128 Å². The Morgan fingerprint density at radius 1 is 0.946 bits per heavy atom. The number of amides is 2. The summed E-state index contributed by atoms with van der Waals surface area (Å²) in [6, 6.07) is 19.0. The highest BCUT2D eigenvalue weighted by Crippen LogP contribution is 2.27. The van der Waals surface area contributed by atoms with E-state index in [1.165, 1.54) is 36.0 Å². The molecular formula is C27H27N3O6S. The van der Waals surface area contributed by atoms with Crippen molar-refractivity contribution in [3.63, 3.8) is 0 Å². The van der Waals surface area contributed by atoms with E-state index in [1.807, 2.05) is 13.0 Å². The minimum Gasteiger partial charge on any atom is -0.462 e. The lowest BCUT2D eigenvalue weighted by Gasteiger charge is -2.13. The maximum atomic E-state index is 12.7. The molecule has 0 radical (unpaired) electrons. The lowest BCUT2D eigenvalue weighted by Crippen LogP contribution is -2.22. The van der Waals surface area contributed by atoms with Gasteiger partial charge >= 0.3 is 5.97 Å². The fourth-order valence-corrected chi connectivity index (χ4v) is 4.12. The minimum absolute atomic E-state index is 0.167. The van der Waals surface area contributed by atoms with E-state index in [9.17, 15) is 24.5 Å². The number of ether oxygens (including phenoxy) is 1. The highest BCUT2D eigenvalue weighted by molar-refractivity contribution is 8.00. The molecule has 1 atom stereocenters. The second-order valence-corrected chi connectivity index (χ2v) is 9.52. The Kier molecular flexibility index (Phi) is 9.79. The SMILES string of the molecule is CCCCOC(=O)c1ccc(NC(=O)C(C)Sc2cccc(NC(=O)c3cccc([N+](=O)[O-])c3)c2)cc1. The molecule has 3 rings (SSSR count). The number of hydrogen-bond donors (Lipinski definition) is 2. The molecule has 9 nitrogen and oxygen atoms in total. The Labute approximate surface area is 218 Å². The number of unbranched alkanes of at least 4 members (excludes halogenated alkanes) is 1. The lowest BCUT2D eigenvalue weighted by atomic mass is 10.2. The summed E-state index contributed by atoms with van der Waals surface area (Å²) in [6.07, 6.45) is 1.75. The first kappa shape index (κ1) is 27.4. The molecule has 192 valence electrons. The molecule has 0 aliphatic rings. The van der Waals surface area contributed by atoms with E-state index in [-0.39, 0.29) is 17.2 Å². The molecule has 2 N–H and O–H groups in total. The number of nitro benzene ring substituents is 1. The molecule has 3 aromatic carbocycles. The van der Waals surface area contributed by atoms with Crippen LogP contribution in [0.4, 0.5) is 17.1 Å². The van der Waals surface area contributed by atoms with Gasteiger partial charge in [0.05, 0.1) is 22.3 Å². The number of rotatable bonds is 11. The van der Waals surface area contributed by atoms with Gasteiger partial charge in [0, 0.05) is 34.0 Å². The molecule has 0 spiro atoms. The van der Waals surface area contributed by atoms with E-state index in [0.717, 1.165) is 17.7 Å². The number of nitrogens with one attached hydrogen (secondary N) is 2. The van der Waals surface area contributed by atoms with E-state index < -0.39 is 22.0 Å². The van der Waals surface area contributed by atoms with Crippen LogP contribution >= 0.6 is 11.8 Å². The van der Waals surface area contributed by atoms with Crippen LogP contribution in [-0.4, -0.2) is 34.6 Å². The molecule has 1 unspecified atom stereocenters. The molecule has 0 bridgehead atoms. The van der Waals surface area contributed by atoms with E-state index in [0.29, 0.717) is 23.5 Å². The van der Waals surface area contributed by atoms with Crippen LogP contribution in [0.15, 0.2) is 77.7 Å². The molecule has 0 saturated carbocycles. The third-order valence-corrected chi connectivity index (χ3v) is 6.31. The van der Waals surface area contributed by atoms with Crippen LogP contribution in [0.1, 0.15) is 47.4 Å². The number of anilines is 2. The van der Waals surface area contributed by atoms with Gasteiger partial charge in [-0.15, -0.1) is 11.8 Å². The van der Waals surface area contributed by atoms with Gasteiger partial charge in [-0.25, -0.2) is 4.79 Å². The van der Waals surface area contributed by atoms with Crippen LogP contribution < -0.4 is 10.6 Å². The number of hydrogen-bond acceptors (Lipinski definition) is 7. The fourth-order valence-electron chi connectivity index (χ4n) is 3.19. The second-order valence-electron chi connectivity index (χ2n) is 8.11. The number of nitrogens with zero attached hydrogens (tertiary/aromatic N) is 1. The van der Waals surface area contributed by atoms with Gasteiger partial charge in [-0.3, -0.25) is 19.7 Å². The maximum absolute atomic E-state index is 12.7. The fraction of sp³-hybridized carbons (Fsp3) is 0.222. The lowest BCUT2D eigenvalue weighted by molar-refractivity contribution is -0.384. The van der Waals surface area contributed by atoms with Crippen molar-refractivity contribution in [2.75, 3.05) is 17.2 Å². The Morgan fingerprint density at radius 2 is 1.68 bits per heavy atom. The first-order valence-corrected chi connectivity index (χ1v) is 12.6. The van der Waals surface area contributed by atoms with Gasteiger partial charge in [0.15, 0.2) is 0 Å². The first-order chi connectivity index (χ1) is 17.8. The van der Waals surface area contributed by atoms with Crippen molar-refractivity contribution < 1.29 is 24.0 Å². The van der Waals surface area contributed by atoms with Gasteiger partial charge in [-0.05, 0) is 61.9 Å². The minimum atomic E-state index is -0.558. The molecule has 10 heteroatoms. The van der Waals surface area contributed by atoms with Crippen molar-refractivity contribution in [1.29, 1.82) is 0 Å². The van der Waals surface area contributed by atoms with Crippen molar-refractivity contribution >= 4 is 46.6 Å². The number of carbonyl (C=O) groups excluding carboxylic acids is 3. The van der Waals surface area contributed by atoms with Crippen LogP contribution in [0.25, 0.3) is 0 Å². The van der Waals surface area contributed by atoms with Gasteiger partial charge < -0.3 is 15.4 Å². The predicted octanol–water partition coefficient (Wildman–Crippen LogP) is 5.92. The summed E-state index contributed by atoms with van der Waals surface area (Å²) in [5, 5.41) is 16.1. The monoisotopic (exact) mass is 521 g/mol. The van der Waals surface area contributed by atoms with Crippen molar-refractivity contribution in [2.45, 2.75) is 36.8 Å². The zero-order chi connectivity index (χ0) is 26.8.